The Kier molecular flexibility index (Phi) is 5.73. The van der Waals surface area contributed by atoms with Crippen LogP contribution in [-0.4, -0.2) is 26.8 Å². The van der Waals surface area contributed by atoms with Gasteiger partial charge in [-0.1, -0.05) is 12.1 Å². The van der Waals surface area contributed by atoms with Crippen LogP contribution in [0.2, 0.25) is 0 Å². The largest absolute Gasteiger partial charge is 0.345 e. The summed E-state index contributed by atoms with van der Waals surface area (Å²) >= 11 is 3.28. The fourth-order valence-electron chi connectivity index (χ4n) is 2.04. The van der Waals surface area contributed by atoms with Crippen molar-refractivity contribution < 1.29 is 13.8 Å². The van der Waals surface area contributed by atoms with Gasteiger partial charge in [0.05, 0.1) is 0 Å². The van der Waals surface area contributed by atoms with Gasteiger partial charge in [0.1, 0.15) is 5.69 Å². The minimum atomic E-state index is -0.983. The molecule has 0 radical (unpaired) electrons. The molecule has 0 aliphatic carbocycles. The van der Waals surface area contributed by atoms with Gasteiger partial charge in [-0.25, -0.2) is 0 Å². The first kappa shape index (κ1) is 17.4. The molecule has 2 N–H and O–H groups in total. The van der Waals surface area contributed by atoms with Crippen LogP contribution >= 0.6 is 15.9 Å². The number of carbonyl (C=O) groups is 2. The summed E-state index contributed by atoms with van der Waals surface area (Å²) in [5.41, 5.74) is 6.34. The number of aromatic nitrogens is 1. The van der Waals surface area contributed by atoms with E-state index in [-0.39, 0.29) is 0 Å². The molecule has 0 saturated carbocycles. The van der Waals surface area contributed by atoms with Crippen molar-refractivity contribution in [2.45, 2.75) is 5.75 Å². The second-order valence-corrected chi connectivity index (χ2v) is 7.33. The van der Waals surface area contributed by atoms with Crippen molar-refractivity contribution in [1.82, 2.24) is 15.4 Å². The highest BCUT2D eigenvalue weighted by Crippen LogP contribution is 2.13. The van der Waals surface area contributed by atoms with E-state index in [2.05, 4.69) is 26.8 Å². The third-order valence-electron chi connectivity index (χ3n) is 3.05. The summed E-state index contributed by atoms with van der Waals surface area (Å²) in [4.78, 5) is 24.1. The maximum Gasteiger partial charge on any atom is 0.286 e. The van der Waals surface area contributed by atoms with Gasteiger partial charge >= 0.3 is 0 Å². The molecular formula is C15H16BrN3O3S. The molecule has 6 nitrogen and oxygen atoms in total. The quantitative estimate of drug-likeness (QED) is 0.771. The molecule has 0 bridgehead atoms. The SMILES string of the molecule is Cn1cc(Br)cc1C(=O)NNC(=O)c1cccc(C[S@](C)=O)c1. The molecule has 2 amide bonds. The predicted octanol–water partition coefficient (Wildman–Crippen LogP) is 1.74. The van der Waals surface area contributed by atoms with Crippen LogP contribution in [0.5, 0.6) is 0 Å². The predicted molar refractivity (Wildman–Crippen MR) is 92.3 cm³/mol. The highest BCUT2D eigenvalue weighted by Gasteiger charge is 2.13. The van der Waals surface area contributed by atoms with Gasteiger partial charge in [0, 0.05) is 46.1 Å². The Morgan fingerprint density at radius 1 is 1.22 bits per heavy atom. The van der Waals surface area contributed by atoms with Crippen molar-refractivity contribution in [3.05, 3.63) is 57.8 Å². The van der Waals surface area contributed by atoms with Gasteiger partial charge in [-0.15, -0.1) is 0 Å². The fourth-order valence-corrected chi connectivity index (χ4v) is 3.21. The summed E-state index contributed by atoms with van der Waals surface area (Å²) in [7, 11) is 0.749. The maximum atomic E-state index is 12.1. The molecule has 1 aromatic carbocycles. The standard InChI is InChI=1S/C15H16BrN3O3S/c1-19-8-12(16)7-13(19)15(21)18-17-14(20)11-5-3-4-10(6-11)9-23(2)22/h3-8H,9H2,1-2H3,(H,17,20)(H,18,21)/t23-/m0/s1. The number of nitrogens with one attached hydrogen (secondary N) is 2. The monoisotopic (exact) mass is 397 g/mol. The van der Waals surface area contributed by atoms with Crippen molar-refractivity contribution in [2.24, 2.45) is 7.05 Å². The smallest absolute Gasteiger partial charge is 0.286 e. The Morgan fingerprint density at radius 3 is 2.52 bits per heavy atom. The first-order chi connectivity index (χ1) is 10.9. The minimum absolute atomic E-state index is 0.380. The average Bonchev–Trinajstić information content (AvgIpc) is 2.83. The van der Waals surface area contributed by atoms with E-state index in [1.165, 1.54) is 0 Å². The topological polar surface area (TPSA) is 80.2 Å². The number of carbonyl (C=O) groups excluding carboxylic acids is 2. The normalized spacial score (nSPS) is 11.8. The van der Waals surface area contributed by atoms with E-state index in [9.17, 15) is 13.8 Å². The average molecular weight is 398 g/mol. The second-order valence-electron chi connectivity index (χ2n) is 4.98. The number of benzene rings is 1. The number of nitrogens with zero attached hydrogens (tertiary/aromatic N) is 1. The molecule has 8 heteroatoms. The van der Waals surface area contributed by atoms with E-state index in [0.717, 1.165) is 10.0 Å². The van der Waals surface area contributed by atoms with Crippen LogP contribution in [0.3, 0.4) is 0 Å². The van der Waals surface area contributed by atoms with E-state index in [0.29, 0.717) is 17.0 Å². The van der Waals surface area contributed by atoms with Crippen molar-refractivity contribution in [2.75, 3.05) is 6.26 Å². The van der Waals surface area contributed by atoms with E-state index in [1.807, 2.05) is 0 Å². The molecule has 0 aliphatic rings. The van der Waals surface area contributed by atoms with E-state index in [1.54, 1.807) is 54.4 Å². The van der Waals surface area contributed by atoms with Gasteiger partial charge in [0.2, 0.25) is 0 Å². The third-order valence-corrected chi connectivity index (χ3v) is 4.23. The number of halogens is 1. The lowest BCUT2D eigenvalue weighted by Gasteiger charge is -2.08. The van der Waals surface area contributed by atoms with Crippen LogP contribution in [0.1, 0.15) is 26.4 Å². The van der Waals surface area contributed by atoms with Gasteiger partial charge in [-0.05, 0) is 39.7 Å². The van der Waals surface area contributed by atoms with Crippen molar-refractivity contribution in [3.8, 4) is 0 Å². The Bertz CT molecular complexity index is 773. The summed E-state index contributed by atoms with van der Waals surface area (Å²) < 4.78 is 13.7. The van der Waals surface area contributed by atoms with Crippen LogP contribution in [-0.2, 0) is 23.6 Å². The first-order valence-corrected chi connectivity index (χ1v) is 9.20. The van der Waals surface area contributed by atoms with Crippen molar-refractivity contribution in [1.29, 1.82) is 0 Å². The summed E-state index contributed by atoms with van der Waals surface area (Å²) in [6.07, 6.45) is 3.34. The Morgan fingerprint density at radius 2 is 1.91 bits per heavy atom. The summed E-state index contributed by atoms with van der Waals surface area (Å²) in [5.74, 6) is -0.474. The lowest BCUT2D eigenvalue weighted by atomic mass is 10.1. The second kappa shape index (κ2) is 7.56. The highest BCUT2D eigenvalue weighted by atomic mass is 79.9. The molecule has 122 valence electrons. The zero-order valence-corrected chi connectivity index (χ0v) is 15.0. The highest BCUT2D eigenvalue weighted by molar-refractivity contribution is 9.10. The van der Waals surface area contributed by atoms with E-state index < -0.39 is 22.6 Å². The third kappa shape index (κ3) is 4.77. The van der Waals surface area contributed by atoms with Gasteiger partial charge in [-0.3, -0.25) is 24.6 Å². The van der Waals surface area contributed by atoms with Crippen LogP contribution in [0.25, 0.3) is 0 Å². The van der Waals surface area contributed by atoms with Crippen LogP contribution in [0.15, 0.2) is 41.0 Å². The van der Waals surface area contributed by atoms with Gasteiger partial charge in [-0.2, -0.15) is 0 Å². The molecule has 0 fully saturated rings. The Hall–Kier alpha value is -1.93. The molecular weight excluding hydrogens is 382 g/mol. The number of hydrogen-bond donors (Lipinski definition) is 2. The molecule has 0 aliphatic heterocycles. The molecule has 0 unspecified atom stereocenters. The van der Waals surface area contributed by atoms with Crippen molar-refractivity contribution >= 4 is 38.5 Å². The van der Waals surface area contributed by atoms with E-state index in [4.69, 9.17) is 0 Å². The lowest BCUT2D eigenvalue weighted by Crippen LogP contribution is -2.42. The van der Waals surface area contributed by atoms with Crippen LogP contribution in [0.4, 0.5) is 0 Å². The molecule has 0 spiro atoms. The zero-order chi connectivity index (χ0) is 17.0. The van der Waals surface area contributed by atoms with Crippen LogP contribution < -0.4 is 10.9 Å². The molecule has 1 heterocycles. The van der Waals surface area contributed by atoms with Gasteiger partial charge < -0.3 is 4.57 Å². The zero-order valence-electron chi connectivity index (χ0n) is 12.6. The van der Waals surface area contributed by atoms with E-state index >= 15 is 0 Å². The summed E-state index contributed by atoms with van der Waals surface area (Å²) in [5, 5.41) is 0. The molecule has 1 aromatic heterocycles. The number of rotatable bonds is 4. The maximum absolute atomic E-state index is 12.1. The number of hydrogen-bond acceptors (Lipinski definition) is 3. The summed E-state index contributed by atoms with van der Waals surface area (Å²) in [6, 6.07) is 8.45. The minimum Gasteiger partial charge on any atom is -0.345 e. The molecule has 23 heavy (non-hydrogen) atoms. The number of amides is 2. The first-order valence-electron chi connectivity index (χ1n) is 6.68. The number of hydrazine groups is 1. The molecule has 0 saturated heterocycles. The Balaban J connectivity index is 2.01. The lowest BCUT2D eigenvalue weighted by molar-refractivity contribution is 0.0842. The molecule has 1 atom stereocenters. The molecule has 2 rings (SSSR count). The van der Waals surface area contributed by atoms with Crippen LogP contribution in [0, 0.1) is 0 Å². The Labute approximate surface area is 144 Å². The van der Waals surface area contributed by atoms with Gasteiger partial charge in [0.15, 0.2) is 0 Å². The summed E-state index contributed by atoms with van der Waals surface area (Å²) in [6.45, 7) is 0. The van der Waals surface area contributed by atoms with Gasteiger partial charge in [0.25, 0.3) is 11.8 Å². The molecule has 2 aromatic rings. The number of aryl methyl sites for hydroxylation is 1. The fraction of sp³-hybridized carbons (Fsp3) is 0.200. The van der Waals surface area contributed by atoms with Crippen molar-refractivity contribution in [3.63, 3.8) is 0 Å².